The second-order valence-corrected chi connectivity index (χ2v) is 6.61. The molecule has 26 heavy (non-hydrogen) atoms. The van der Waals surface area contributed by atoms with Gasteiger partial charge in [-0.2, -0.15) is 5.10 Å². The highest BCUT2D eigenvalue weighted by Crippen LogP contribution is 2.30. The first kappa shape index (κ1) is 18.6. The summed E-state index contributed by atoms with van der Waals surface area (Å²) in [7, 11) is 0. The summed E-state index contributed by atoms with van der Waals surface area (Å²) in [4.78, 5) is 0. The van der Waals surface area contributed by atoms with Crippen LogP contribution in [-0.2, 0) is 19.5 Å². The summed E-state index contributed by atoms with van der Waals surface area (Å²) in [6, 6.07) is 17.6. The van der Waals surface area contributed by atoms with E-state index >= 15 is 0 Å². The summed E-state index contributed by atoms with van der Waals surface area (Å²) in [5.41, 5.74) is 4.54. The molecule has 5 heteroatoms. The second kappa shape index (κ2) is 8.47. The quantitative estimate of drug-likeness (QED) is 0.707. The van der Waals surface area contributed by atoms with Gasteiger partial charge in [-0.3, -0.25) is 4.68 Å². The maximum atomic E-state index is 13.8. The first-order valence-electron chi connectivity index (χ1n) is 8.86. The van der Waals surface area contributed by atoms with Crippen molar-refractivity contribution in [3.63, 3.8) is 0 Å². The number of hydrogen-bond acceptors (Lipinski definition) is 2. The van der Waals surface area contributed by atoms with Gasteiger partial charge >= 0.3 is 0 Å². The van der Waals surface area contributed by atoms with Gasteiger partial charge in [0, 0.05) is 29.4 Å². The Kier molecular flexibility index (Phi) is 6.07. The lowest BCUT2D eigenvalue weighted by Gasteiger charge is -2.24. The maximum absolute atomic E-state index is 13.8. The van der Waals surface area contributed by atoms with E-state index in [1.54, 1.807) is 6.07 Å². The molecule has 4 rings (SSSR count). The zero-order chi connectivity index (χ0) is 17.1. The molecule has 1 unspecified atom stereocenters. The number of rotatable bonds is 5. The lowest BCUT2D eigenvalue weighted by atomic mass is 9.92. The van der Waals surface area contributed by atoms with Crippen molar-refractivity contribution in [1.29, 1.82) is 0 Å². The molecule has 136 valence electrons. The molecule has 1 aromatic heterocycles. The Hall–Kier alpha value is -2.17. The number of benzene rings is 2. The number of nitrogens with one attached hydrogen (secondary N) is 1. The van der Waals surface area contributed by atoms with Gasteiger partial charge in [0.15, 0.2) is 0 Å². The molecule has 0 aliphatic heterocycles. The van der Waals surface area contributed by atoms with Crippen LogP contribution >= 0.6 is 12.4 Å². The van der Waals surface area contributed by atoms with Crippen molar-refractivity contribution < 1.29 is 4.39 Å². The Morgan fingerprint density at radius 3 is 2.65 bits per heavy atom. The number of fused-ring (bicyclic) bond motifs is 1. The van der Waals surface area contributed by atoms with Gasteiger partial charge < -0.3 is 5.32 Å². The van der Waals surface area contributed by atoms with Gasteiger partial charge in [0.1, 0.15) is 5.82 Å². The molecule has 3 aromatic rings. The third kappa shape index (κ3) is 3.97. The van der Waals surface area contributed by atoms with Gasteiger partial charge in [0.05, 0.1) is 12.7 Å². The van der Waals surface area contributed by atoms with Crippen molar-refractivity contribution in [3.8, 4) is 0 Å². The number of hydrogen-bond donors (Lipinski definition) is 1. The molecule has 1 aliphatic rings. The average molecular weight is 372 g/mol. The standard InChI is InChI=1S/C21H22FN3.ClH/c22-19-10-5-4-9-17(19)13-23-20-11-6-12-21-18(20)14-24-25(21)15-16-7-2-1-3-8-16;/h1-5,7-10,14,20,23H,6,11-13,15H2;1H. The highest BCUT2D eigenvalue weighted by Gasteiger charge is 2.24. The molecule has 0 fully saturated rings. The molecule has 1 atom stereocenters. The molecule has 0 saturated heterocycles. The van der Waals surface area contributed by atoms with E-state index in [0.717, 1.165) is 25.8 Å². The zero-order valence-corrected chi connectivity index (χ0v) is 15.4. The zero-order valence-electron chi connectivity index (χ0n) is 14.6. The van der Waals surface area contributed by atoms with Crippen molar-refractivity contribution >= 4 is 12.4 Å². The maximum Gasteiger partial charge on any atom is 0.127 e. The Labute approximate surface area is 159 Å². The topological polar surface area (TPSA) is 29.9 Å². The highest BCUT2D eigenvalue weighted by molar-refractivity contribution is 5.85. The van der Waals surface area contributed by atoms with Crippen molar-refractivity contribution in [2.75, 3.05) is 0 Å². The van der Waals surface area contributed by atoms with E-state index in [2.05, 4.69) is 39.4 Å². The van der Waals surface area contributed by atoms with Gasteiger partial charge in [-0.05, 0) is 30.9 Å². The normalized spacial score (nSPS) is 16.0. The Morgan fingerprint density at radius 1 is 1.08 bits per heavy atom. The van der Waals surface area contributed by atoms with E-state index in [-0.39, 0.29) is 24.3 Å². The molecule has 2 aromatic carbocycles. The molecule has 1 heterocycles. The van der Waals surface area contributed by atoms with Crippen LogP contribution in [-0.4, -0.2) is 9.78 Å². The fraction of sp³-hybridized carbons (Fsp3) is 0.286. The highest BCUT2D eigenvalue weighted by atomic mass is 35.5. The summed E-state index contributed by atoms with van der Waals surface area (Å²) in [6.45, 7) is 1.34. The average Bonchev–Trinajstić information content (AvgIpc) is 3.05. The summed E-state index contributed by atoms with van der Waals surface area (Å²) in [5, 5.41) is 8.14. The number of aromatic nitrogens is 2. The molecule has 0 amide bonds. The van der Waals surface area contributed by atoms with E-state index < -0.39 is 0 Å². The largest absolute Gasteiger partial charge is 0.306 e. The van der Waals surface area contributed by atoms with E-state index in [0.29, 0.717) is 12.1 Å². The Bertz CT molecular complexity index is 847. The SMILES string of the molecule is Cl.Fc1ccccc1CNC1CCCc2c1cnn2Cc1ccccc1. The monoisotopic (exact) mass is 371 g/mol. The van der Waals surface area contributed by atoms with Crippen molar-refractivity contribution in [3.05, 3.63) is 89.0 Å². The summed E-state index contributed by atoms with van der Waals surface area (Å²) < 4.78 is 15.9. The van der Waals surface area contributed by atoms with E-state index in [1.165, 1.54) is 22.9 Å². The third-order valence-electron chi connectivity index (χ3n) is 4.93. The van der Waals surface area contributed by atoms with Gasteiger partial charge in [-0.15, -0.1) is 12.4 Å². The van der Waals surface area contributed by atoms with Gasteiger partial charge in [-0.25, -0.2) is 4.39 Å². The predicted molar refractivity (Wildman–Crippen MR) is 104 cm³/mol. The van der Waals surface area contributed by atoms with Crippen LogP contribution in [0.3, 0.4) is 0 Å². The summed E-state index contributed by atoms with van der Waals surface area (Å²) in [6.07, 6.45) is 5.23. The summed E-state index contributed by atoms with van der Waals surface area (Å²) >= 11 is 0. The van der Waals surface area contributed by atoms with E-state index in [9.17, 15) is 4.39 Å². The minimum absolute atomic E-state index is 0. The van der Waals surface area contributed by atoms with Crippen LogP contribution in [0.15, 0.2) is 60.8 Å². The lowest BCUT2D eigenvalue weighted by molar-refractivity contribution is 0.444. The molecular weight excluding hydrogens is 349 g/mol. The summed E-state index contributed by atoms with van der Waals surface area (Å²) in [5.74, 6) is -0.147. The first-order valence-corrected chi connectivity index (χ1v) is 8.86. The van der Waals surface area contributed by atoms with E-state index in [1.807, 2.05) is 24.4 Å². The van der Waals surface area contributed by atoms with Gasteiger partial charge in [0.25, 0.3) is 0 Å². The number of halogens is 2. The predicted octanol–water partition coefficient (Wildman–Crippen LogP) is 4.66. The van der Waals surface area contributed by atoms with E-state index in [4.69, 9.17) is 0 Å². The minimum Gasteiger partial charge on any atom is -0.306 e. The van der Waals surface area contributed by atoms with Crippen molar-refractivity contribution in [1.82, 2.24) is 15.1 Å². The van der Waals surface area contributed by atoms with Crippen LogP contribution in [0.4, 0.5) is 4.39 Å². The molecule has 0 saturated carbocycles. The van der Waals surface area contributed by atoms with Crippen LogP contribution in [0.5, 0.6) is 0 Å². The molecular formula is C21H23ClFN3. The van der Waals surface area contributed by atoms with Crippen LogP contribution in [0, 0.1) is 5.82 Å². The Morgan fingerprint density at radius 2 is 1.85 bits per heavy atom. The molecule has 1 aliphatic carbocycles. The minimum atomic E-state index is -0.147. The third-order valence-corrected chi connectivity index (χ3v) is 4.93. The molecule has 1 N–H and O–H groups in total. The van der Waals surface area contributed by atoms with Gasteiger partial charge in [-0.1, -0.05) is 48.5 Å². The molecule has 3 nitrogen and oxygen atoms in total. The lowest BCUT2D eigenvalue weighted by Crippen LogP contribution is -2.25. The van der Waals surface area contributed by atoms with Gasteiger partial charge in [0.2, 0.25) is 0 Å². The van der Waals surface area contributed by atoms with Crippen molar-refractivity contribution in [2.45, 2.75) is 38.4 Å². The van der Waals surface area contributed by atoms with Crippen LogP contribution < -0.4 is 5.32 Å². The molecule has 0 spiro atoms. The fourth-order valence-corrected chi connectivity index (χ4v) is 3.60. The van der Waals surface area contributed by atoms with Crippen LogP contribution in [0.2, 0.25) is 0 Å². The number of nitrogens with zero attached hydrogens (tertiary/aromatic N) is 2. The molecule has 0 bridgehead atoms. The van der Waals surface area contributed by atoms with Crippen LogP contribution in [0.25, 0.3) is 0 Å². The first-order chi connectivity index (χ1) is 12.3. The fourth-order valence-electron chi connectivity index (χ4n) is 3.60. The smallest absolute Gasteiger partial charge is 0.127 e. The van der Waals surface area contributed by atoms with Crippen molar-refractivity contribution in [2.24, 2.45) is 0 Å². The van der Waals surface area contributed by atoms with Crippen LogP contribution in [0.1, 0.15) is 41.3 Å². The Balaban J connectivity index is 0.00000196. The molecule has 0 radical (unpaired) electrons. The second-order valence-electron chi connectivity index (χ2n) is 6.61.